The van der Waals surface area contributed by atoms with E-state index in [2.05, 4.69) is 10.6 Å². The molecule has 0 spiro atoms. The summed E-state index contributed by atoms with van der Waals surface area (Å²) in [6.07, 6.45) is 1.88. The minimum absolute atomic E-state index is 0. The second-order valence-corrected chi connectivity index (χ2v) is 4.33. The summed E-state index contributed by atoms with van der Waals surface area (Å²) in [6, 6.07) is 7.90. The number of anilines is 1. The van der Waals surface area contributed by atoms with Gasteiger partial charge in [0.1, 0.15) is 0 Å². The van der Waals surface area contributed by atoms with E-state index >= 15 is 0 Å². The van der Waals surface area contributed by atoms with E-state index in [1.54, 1.807) is 0 Å². The molecule has 0 saturated carbocycles. The number of benzene rings is 1. The van der Waals surface area contributed by atoms with Gasteiger partial charge in [-0.1, -0.05) is 18.2 Å². The van der Waals surface area contributed by atoms with Crippen molar-refractivity contribution in [1.82, 2.24) is 5.32 Å². The van der Waals surface area contributed by atoms with E-state index in [9.17, 15) is 4.79 Å². The van der Waals surface area contributed by atoms with Gasteiger partial charge >= 0.3 is 0 Å². The number of amides is 1. The minimum atomic E-state index is 0. The van der Waals surface area contributed by atoms with E-state index < -0.39 is 0 Å². The molecule has 1 amide bonds. The fourth-order valence-corrected chi connectivity index (χ4v) is 2.03. The normalized spacial score (nSPS) is 16.1. The van der Waals surface area contributed by atoms with E-state index in [1.807, 2.05) is 31.2 Å². The third-order valence-electron chi connectivity index (χ3n) is 3.11. The van der Waals surface area contributed by atoms with Crippen molar-refractivity contribution in [1.29, 1.82) is 0 Å². The highest BCUT2D eigenvalue weighted by Crippen LogP contribution is 2.18. The third-order valence-corrected chi connectivity index (χ3v) is 3.11. The molecule has 4 heteroatoms. The number of hydrogen-bond donors (Lipinski definition) is 2. The maximum atomic E-state index is 12.0. The van der Waals surface area contributed by atoms with Crippen molar-refractivity contribution in [3.05, 3.63) is 29.8 Å². The second kappa shape index (κ2) is 6.62. The summed E-state index contributed by atoms with van der Waals surface area (Å²) in [6.45, 7) is 3.91. The van der Waals surface area contributed by atoms with Crippen LogP contribution in [0, 0.1) is 12.8 Å². The monoisotopic (exact) mass is 254 g/mol. The van der Waals surface area contributed by atoms with Gasteiger partial charge in [0.25, 0.3) is 0 Å². The van der Waals surface area contributed by atoms with Crippen molar-refractivity contribution in [2.45, 2.75) is 19.8 Å². The van der Waals surface area contributed by atoms with Crippen molar-refractivity contribution in [2.24, 2.45) is 5.92 Å². The lowest BCUT2D eigenvalue weighted by Gasteiger charge is -2.22. The number of para-hydroxylation sites is 1. The van der Waals surface area contributed by atoms with Gasteiger partial charge in [0.2, 0.25) is 5.91 Å². The van der Waals surface area contributed by atoms with E-state index in [-0.39, 0.29) is 24.2 Å². The largest absolute Gasteiger partial charge is 0.326 e. The first-order valence-corrected chi connectivity index (χ1v) is 5.84. The Labute approximate surface area is 108 Å². The van der Waals surface area contributed by atoms with Crippen molar-refractivity contribution < 1.29 is 4.79 Å². The Morgan fingerprint density at radius 3 is 2.59 bits per heavy atom. The number of rotatable bonds is 2. The summed E-state index contributed by atoms with van der Waals surface area (Å²) in [5.74, 6) is 0.330. The molecule has 0 radical (unpaired) electrons. The van der Waals surface area contributed by atoms with Crippen LogP contribution in [0.4, 0.5) is 5.69 Å². The Morgan fingerprint density at radius 1 is 1.29 bits per heavy atom. The molecule has 1 aromatic carbocycles. The highest BCUT2D eigenvalue weighted by Gasteiger charge is 2.20. The van der Waals surface area contributed by atoms with Crippen molar-refractivity contribution in [3.63, 3.8) is 0 Å². The van der Waals surface area contributed by atoms with Gasteiger partial charge in [-0.3, -0.25) is 4.79 Å². The zero-order valence-corrected chi connectivity index (χ0v) is 10.8. The topological polar surface area (TPSA) is 41.1 Å². The number of halogens is 1. The van der Waals surface area contributed by atoms with Gasteiger partial charge in [-0.2, -0.15) is 0 Å². The number of hydrogen-bond acceptors (Lipinski definition) is 2. The first kappa shape index (κ1) is 14.0. The van der Waals surface area contributed by atoms with Crippen LogP contribution in [0.1, 0.15) is 18.4 Å². The zero-order chi connectivity index (χ0) is 11.4. The standard InChI is InChI=1S/C13H18N2O.ClH/c1-10-4-2-3-5-12(10)15-13(16)11-6-8-14-9-7-11;/h2-5,11,14H,6-9H2,1H3,(H,15,16);1H. The quantitative estimate of drug-likeness (QED) is 0.851. The van der Waals surface area contributed by atoms with Crippen LogP contribution in [-0.4, -0.2) is 19.0 Å². The van der Waals surface area contributed by atoms with Gasteiger partial charge in [-0.25, -0.2) is 0 Å². The molecule has 0 bridgehead atoms. The number of aryl methyl sites for hydroxylation is 1. The lowest BCUT2D eigenvalue weighted by atomic mass is 9.97. The fraction of sp³-hybridized carbons (Fsp3) is 0.462. The SMILES string of the molecule is Cc1ccccc1NC(=O)C1CCNCC1.Cl. The summed E-state index contributed by atoms with van der Waals surface area (Å²) >= 11 is 0. The molecular weight excluding hydrogens is 236 g/mol. The Bertz CT molecular complexity index is 375. The van der Waals surface area contributed by atoms with Gasteiger partial charge in [-0.15, -0.1) is 12.4 Å². The lowest BCUT2D eigenvalue weighted by molar-refractivity contribution is -0.120. The molecule has 1 aromatic rings. The number of carbonyl (C=O) groups excluding carboxylic acids is 1. The molecule has 1 heterocycles. The molecule has 17 heavy (non-hydrogen) atoms. The van der Waals surface area contributed by atoms with E-state index in [4.69, 9.17) is 0 Å². The van der Waals surface area contributed by atoms with E-state index in [0.717, 1.165) is 37.2 Å². The molecule has 0 aromatic heterocycles. The van der Waals surface area contributed by atoms with Crippen LogP contribution in [0.2, 0.25) is 0 Å². The van der Waals surface area contributed by atoms with Crippen molar-refractivity contribution >= 4 is 24.0 Å². The maximum absolute atomic E-state index is 12.0. The van der Waals surface area contributed by atoms with Gasteiger partial charge < -0.3 is 10.6 Å². The molecule has 1 fully saturated rings. The molecule has 0 unspecified atom stereocenters. The molecule has 94 valence electrons. The van der Waals surface area contributed by atoms with E-state index in [0.29, 0.717) is 0 Å². The number of piperidine rings is 1. The lowest BCUT2D eigenvalue weighted by Crippen LogP contribution is -2.34. The van der Waals surface area contributed by atoms with Gasteiger partial charge in [0.15, 0.2) is 0 Å². The molecule has 3 nitrogen and oxygen atoms in total. The molecule has 1 aliphatic heterocycles. The first-order valence-electron chi connectivity index (χ1n) is 5.84. The van der Waals surface area contributed by atoms with E-state index in [1.165, 1.54) is 0 Å². The maximum Gasteiger partial charge on any atom is 0.227 e. The van der Waals surface area contributed by atoms with Crippen molar-refractivity contribution in [3.8, 4) is 0 Å². The molecule has 1 aliphatic rings. The van der Waals surface area contributed by atoms with Gasteiger partial charge in [0, 0.05) is 11.6 Å². The first-order chi connectivity index (χ1) is 7.77. The summed E-state index contributed by atoms with van der Waals surface area (Å²) in [5.41, 5.74) is 2.05. The van der Waals surface area contributed by atoms with Crippen LogP contribution >= 0.6 is 12.4 Å². The van der Waals surface area contributed by atoms with Crippen LogP contribution < -0.4 is 10.6 Å². The number of nitrogens with one attached hydrogen (secondary N) is 2. The Hall–Kier alpha value is -1.06. The molecule has 2 rings (SSSR count). The van der Waals surface area contributed by atoms with Crippen LogP contribution in [0.15, 0.2) is 24.3 Å². The molecule has 0 aliphatic carbocycles. The zero-order valence-electron chi connectivity index (χ0n) is 10.0. The summed E-state index contributed by atoms with van der Waals surface area (Å²) in [4.78, 5) is 12.0. The molecule has 2 N–H and O–H groups in total. The number of carbonyl (C=O) groups is 1. The van der Waals surface area contributed by atoms with Gasteiger partial charge in [0.05, 0.1) is 0 Å². The Balaban J connectivity index is 0.00000144. The highest BCUT2D eigenvalue weighted by molar-refractivity contribution is 5.93. The Morgan fingerprint density at radius 2 is 1.94 bits per heavy atom. The highest BCUT2D eigenvalue weighted by atomic mass is 35.5. The minimum Gasteiger partial charge on any atom is -0.326 e. The predicted molar refractivity (Wildman–Crippen MR) is 72.7 cm³/mol. The van der Waals surface area contributed by atoms with Crippen LogP contribution in [0.25, 0.3) is 0 Å². The average molecular weight is 255 g/mol. The van der Waals surface area contributed by atoms with Gasteiger partial charge in [-0.05, 0) is 44.5 Å². The van der Waals surface area contributed by atoms with Crippen LogP contribution in [-0.2, 0) is 4.79 Å². The van der Waals surface area contributed by atoms with Crippen LogP contribution in [0.5, 0.6) is 0 Å². The van der Waals surface area contributed by atoms with Crippen LogP contribution in [0.3, 0.4) is 0 Å². The molecular formula is C13H19ClN2O. The second-order valence-electron chi connectivity index (χ2n) is 4.33. The summed E-state index contributed by atoms with van der Waals surface area (Å²) in [7, 11) is 0. The Kier molecular flexibility index (Phi) is 5.45. The molecule has 1 saturated heterocycles. The average Bonchev–Trinajstić information content (AvgIpc) is 2.33. The smallest absolute Gasteiger partial charge is 0.227 e. The molecule has 0 atom stereocenters. The summed E-state index contributed by atoms with van der Waals surface area (Å²) < 4.78 is 0. The van der Waals surface area contributed by atoms with Crippen molar-refractivity contribution in [2.75, 3.05) is 18.4 Å². The summed E-state index contributed by atoms with van der Waals surface area (Å²) in [5, 5.41) is 6.28. The fourth-order valence-electron chi connectivity index (χ4n) is 2.03. The third kappa shape index (κ3) is 3.72. The predicted octanol–water partition coefficient (Wildman–Crippen LogP) is 2.35.